The Morgan fingerprint density at radius 3 is 2.83 bits per heavy atom. The monoisotopic (exact) mass is 355 g/mol. The Balaban J connectivity index is 1.81. The molecule has 0 saturated heterocycles. The van der Waals surface area contributed by atoms with E-state index in [-0.39, 0.29) is 0 Å². The molecule has 124 valence electrons. The highest BCUT2D eigenvalue weighted by molar-refractivity contribution is 6.35. The van der Waals surface area contributed by atoms with E-state index in [0.717, 1.165) is 24.9 Å². The van der Waals surface area contributed by atoms with Crippen LogP contribution in [0, 0.1) is 0 Å². The van der Waals surface area contributed by atoms with Gasteiger partial charge in [-0.15, -0.1) is 5.10 Å². The van der Waals surface area contributed by atoms with E-state index >= 15 is 0 Å². The van der Waals surface area contributed by atoms with Crippen LogP contribution in [0.4, 0.5) is 11.8 Å². The Morgan fingerprint density at radius 2 is 2.04 bits per heavy atom. The van der Waals surface area contributed by atoms with Crippen LogP contribution in [0.25, 0.3) is 0 Å². The van der Waals surface area contributed by atoms with Gasteiger partial charge < -0.3 is 15.4 Å². The van der Waals surface area contributed by atoms with E-state index in [1.807, 2.05) is 12.1 Å². The number of hydrogen-bond acceptors (Lipinski definition) is 6. The number of aromatic nitrogens is 3. The van der Waals surface area contributed by atoms with Crippen molar-refractivity contribution in [2.75, 3.05) is 37.4 Å². The first kappa shape index (κ1) is 17.7. The number of anilines is 2. The second-order valence-electron chi connectivity index (χ2n) is 4.85. The number of methoxy groups -OCH3 is 1. The van der Waals surface area contributed by atoms with Crippen LogP contribution in [-0.4, -0.2) is 42.0 Å². The minimum atomic E-state index is 0.479. The van der Waals surface area contributed by atoms with Gasteiger partial charge in [0, 0.05) is 36.9 Å². The molecule has 2 N–H and O–H groups in total. The molecule has 0 bridgehead atoms. The van der Waals surface area contributed by atoms with Gasteiger partial charge >= 0.3 is 0 Å². The number of ether oxygens (including phenoxy) is 1. The van der Waals surface area contributed by atoms with Gasteiger partial charge in [0.2, 0.25) is 5.95 Å². The fraction of sp³-hybridized carbons (Fsp3) is 0.400. The van der Waals surface area contributed by atoms with Crippen molar-refractivity contribution in [1.29, 1.82) is 0 Å². The van der Waals surface area contributed by atoms with E-state index in [2.05, 4.69) is 25.8 Å². The van der Waals surface area contributed by atoms with Gasteiger partial charge in [-0.1, -0.05) is 29.3 Å². The summed E-state index contributed by atoms with van der Waals surface area (Å²) >= 11 is 12.0. The summed E-state index contributed by atoms with van der Waals surface area (Å²) in [4.78, 5) is 4.35. The molecule has 0 fully saturated rings. The van der Waals surface area contributed by atoms with Gasteiger partial charge in [-0.3, -0.25) is 0 Å². The molecule has 6 nitrogen and oxygen atoms in total. The lowest BCUT2D eigenvalue weighted by Crippen LogP contribution is -2.11. The van der Waals surface area contributed by atoms with E-state index < -0.39 is 0 Å². The maximum Gasteiger partial charge on any atom is 0.244 e. The van der Waals surface area contributed by atoms with Crippen molar-refractivity contribution >= 4 is 35.0 Å². The number of hydrogen-bond donors (Lipinski definition) is 2. The highest BCUT2D eigenvalue weighted by atomic mass is 35.5. The summed E-state index contributed by atoms with van der Waals surface area (Å²) in [6, 6.07) is 5.48. The molecule has 2 rings (SSSR count). The molecule has 0 aliphatic heterocycles. The lowest BCUT2D eigenvalue weighted by Gasteiger charge is -2.08. The van der Waals surface area contributed by atoms with Crippen molar-refractivity contribution in [2.24, 2.45) is 0 Å². The maximum absolute atomic E-state index is 6.14. The summed E-state index contributed by atoms with van der Waals surface area (Å²) < 4.78 is 5.00. The number of halogens is 2. The molecule has 0 unspecified atom stereocenters. The summed E-state index contributed by atoms with van der Waals surface area (Å²) in [7, 11) is 1.68. The first-order valence-corrected chi connectivity index (χ1v) is 8.05. The molecule has 1 aromatic heterocycles. The van der Waals surface area contributed by atoms with E-state index in [9.17, 15) is 0 Å². The minimum absolute atomic E-state index is 0.479. The molecule has 23 heavy (non-hydrogen) atoms. The van der Waals surface area contributed by atoms with Crippen molar-refractivity contribution in [2.45, 2.75) is 12.8 Å². The first-order valence-electron chi connectivity index (χ1n) is 7.29. The quantitative estimate of drug-likeness (QED) is 0.672. The maximum atomic E-state index is 6.14. The van der Waals surface area contributed by atoms with Crippen LogP contribution in [0.15, 0.2) is 24.4 Å². The van der Waals surface area contributed by atoms with Gasteiger partial charge in [0.05, 0.1) is 6.20 Å². The molecule has 0 spiro atoms. The number of nitrogens with zero attached hydrogens (tertiary/aromatic N) is 3. The Hall–Kier alpha value is -1.63. The van der Waals surface area contributed by atoms with Crippen LogP contribution >= 0.6 is 23.2 Å². The van der Waals surface area contributed by atoms with E-state index in [1.54, 1.807) is 19.4 Å². The van der Waals surface area contributed by atoms with Crippen molar-refractivity contribution in [3.8, 4) is 0 Å². The summed E-state index contributed by atoms with van der Waals surface area (Å²) in [5.74, 6) is 1.16. The SMILES string of the molecule is COCCCNc1cnnc(NCCc2ccc(Cl)cc2Cl)n1. The van der Waals surface area contributed by atoms with Crippen molar-refractivity contribution in [3.05, 3.63) is 40.0 Å². The number of rotatable bonds is 9. The van der Waals surface area contributed by atoms with Gasteiger partial charge in [0.15, 0.2) is 5.82 Å². The van der Waals surface area contributed by atoms with Gasteiger partial charge in [-0.25, -0.2) is 0 Å². The Kier molecular flexibility index (Phi) is 7.32. The predicted octanol–water partition coefficient (Wildman–Crippen LogP) is 3.28. The third-order valence-corrected chi connectivity index (χ3v) is 3.67. The highest BCUT2D eigenvalue weighted by Gasteiger charge is 2.03. The predicted molar refractivity (Wildman–Crippen MR) is 93.5 cm³/mol. The van der Waals surface area contributed by atoms with Crippen LogP contribution in [0.2, 0.25) is 10.0 Å². The molecule has 1 heterocycles. The van der Waals surface area contributed by atoms with E-state index in [4.69, 9.17) is 27.9 Å². The Morgan fingerprint density at radius 1 is 1.17 bits per heavy atom. The topological polar surface area (TPSA) is 72.0 Å². The molecule has 1 aromatic carbocycles. The van der Waals surface area contributed by atoms with E-state index in [1.165, 1.54) is 0 Å². The van der Waals surface area contributed by atoms with Crippen molar-refractivity contribution in [1.82, 2.24) is 15.2 Å². The molecule has 2 aromatic rings. The second kappa shape index (κ2) is 9.50. The largest absolute Gasteiger partial charge is 0.385 e. The Bertz CT molecular complexity index is 627. The highest BCUT2D eigenvalue weighted by Crippen LogP contribution is 2.21. The summed E-state index contributed by atoms with van der Waals surface area (Å²) in [6.45, 7) is 2.13. The zero-order chi connectivity index (χ0) is 16.5. The lowest BCUT2D eigenvalue weighted by atomic mass is 10.1. The van der Waals surface area contributed by atoms with E-state index in [0.29, 0.717) is 35.0 Å². The van der Waals surface area contributed by atoms with Crippen LogP contribution in [0.3, 0.4) is 0 Å². The molecule has 8 heteroatoms. The molecule has 0 atom stereocenters. The number of benzene rings is 1. The smallest absolute Gasteiger partial charge is 0.244 e. The zero-order valence-corrected chi connectivity index (χ0v) is 14.4. The number of nitrogens with one attached hydrogen (secondary N) is 2. The third kappa shape index (κ3) is 6.17. The molecule has 0 radical (unpaired) electrons. The molecular weight excluding hydrogens is 337 g/mol. The molecular formula is C15H19Cl2N5O. The van der Waals surface area contributed by atoms with Crippen LogP contribution in [-0.2, 0) is 11.2 Å². The van der Waals surface area contributed by atoms with Gasteiger partial charge in [-0.2, -0.15) is 10.1 Å². The van der Waals surface area contributed by atoms with Crippen molar-refractivity contribution < 1.29 is 4.74 Å². The van der Waals surface area contributed by atoms with Gasteiger partial charge in [0.1, 0.15) is 0 Å². The molecule has 0 aliphatic carbocycles. The standard InChI is InChI=1S/C15H19Cl2N5O/c1-23-8-2-6-18-14-10-20-22-15(21-14)19-7-5-11-3-4-12(16)9-13(11)17/h3-4,9-10H,2,5-8H2,1H3,(H2,18,19,21,22). The molecule has 0 aliphatic rings. The summed E-state index contributed by atoms with van der Waals surface area (Å²) in [5.41, 5.74) is 1.02. The van der Waals surface area contributed by atoms with Gasteiger partial charge in [-0.05, 0) is 30.5 Å². The molecule has 0 amide bonds. The zero-order valence-electron chi connectivity index (χ0n) is 12.9. The Labute approximate surface area is 145 Å². The second-order valence-corrected chi connectivity index (χ2v) is 5.69. The fourth-order valence-corrected chi connectivity index (χ4v) is 2.43. The molecule has 0 saturated carbocycles. The van der Waals surface area contributed by atoms with Crippen LogP contribution < -0.4 is 10.6 Å². The van der Waals surface area contributed by atoms with Gasteiger partial charge in [0.25, 0.3) is 0 Å². The van der Waals surface area contributed by atoms with Crippen molar-refractivity contribution in [3.63, 3.8) is 0 Å². The van der Waals surface area contributed by atoms with Crippen LogP contribution in [0.5, 0.6) is 0 Å². The lowest BCUT2D eigenvalue weighted by molar-refractivity contribution is 0.197. The average molecular weight is 356 g/mol. The van der Waals surface area contributed by atoms with Crippen LogP contribution in [0.1, 0.15) is 12.0 Å². The normalized spacial score (nSPS) is 10.6. The fourth-order valence-electron chi connectivity index (χ4n) is 1.93. The minimum Gasteiger partial charge on any atom is -0.385 e. The summed E-state index contributed by atoms with van der Waals surface area (Å²) in [5, 5.41) is 15.5. The summed E-state index contributed by atoms with van der Waals surface area (Å²) in [6.07, 6.45) is 3.23. The third-order valence-electron chi connectivity index (χ3n) is 3.08. The average Bonchev–Trinajstić information content (AvgIpc) is 2.54. The first-order chi connectivity index (χ1) is 11.2.